The van der Waals surface area contributed by atoms with Crippen LogP contribution in [0.5, 0.6) is 0 Å². The Labute approximate surface area is 234 Å². The monoisotopic (exact) mass is 579 g/mol. The molecule has 5 rings (SSSR count). The third-order valence-electron chi connectivity index (χ3n) is 8.20. The molecular formula is C26H38FN7O5S. The number of nitrogens with one attached hydrogen (secondary N) is 2. The van der Waals surface area contributed by atoms with Gasteiger partial charge < -0.3 is 19.7 Å². The number of esters is 1. The zero-order valence-electron chi connectivity index (χ0n) is 23.2. The van der Waals surface area contributed by atoms with Crippen molar-refractivity contribution in [1.29, 1.82) is 0 Å². The number of aryl methyl sites for hydroxylation is 1. The Morgan fingerprint density at radius 3 is 2.55 bits per heavy atom. The minimum absolute atomic E-state index is 0.0396. The fourth-order valence-corrected chi connectivity index (χ4v) is 7.59. The summed E-state index contributed by atoms with van der Waals surface area (Å²) >= 11 is 0. The largest absolute Gasteiger partial charge is 0.459 e. The number of hydrogen-bond donors (Lipinski definition) is 2. The Kier molecular flexibility index (Phi) is 8.57. The molecule has 3 aliphatic rings. The Morgan fingerprint density at radius 1 is 1.23 bits per heavy atom. The van der Waals surface area contributed by atoms with E-state index in [1.165, 1.54) is 0 Å². The van der Waals surface area contributed by atoms with Crippen LogP contribution in [0.4, 0.5) is 22.0 Å². The lowest BCUT2D eigenvalue weighted by Crippen LogP contribution is -2.58. The summed E-state index contributed by atoms with van der Waals surface area (Å²) in [7, 11) is -1.47. The van der Waals surface area contributed by atoms with Crippen molar-refractivity contribution in [1.82, 2.24) is 24.5 Å². The molecule has 0 radical (unpaired) electrons. The summed E-state index contributed by atoms with van der Waals surface area (Å²) in [5.74, 6) is -0.742. The molecule has 2 aromatic heterocycles. The summed E-state index contributed by atoms with van der Waals surface area (Å²) in [5.41, 5.74) is 0.749. The Morgan fingerprint density at radius 2 is 1.93 bits per heavy atom. The minimum Gasteiger partial charge on any atom is -0.459 e. The first-order valence-electron chi connectivity index (χ1n) is 14.0. The van der Waals surface area contributed by atoms with Gasteiger partial charge in [-0.2, -0.15) is 14.4 Å². The zero-order valence-corrected chi connectivity index (χ0v) is 24.0. The number of rotatable bonds is 9. The second kappa shape index (κ2) is 12.0. The number of aromatic amines is 1. The molecule has 2 bridgehead atoms. The van der Waals surface area contributed by atoms with Gasteiger partial charge in [0.05, 0.1) is 11.7 Å². The molecule has 12 nitrogen and oxygen atoms in total. The highest BCUT2D eigenvalue weighted by atomic mass is 32.2. The quantitative estimate of drug-likeness (QED) is 0.426. The van der Waals surface area contributed by atoms with Crippen LogP contribution in [0.15, 0.2) is 6.07 Å². The predicted octanol–water partition coefficient (Wildman–Crippen LogP) is 3.03. The highest BCUT2D eigenvalue weighted by Gasteiger charge is 2.45. The number of anilines is 3. The number of nitrogens with zero attached hydrogens (tertiary/aromatic N) is 5. The number of piperidine rings is 2. The van der Waals surface area contributed by atoms with Gasteiger partial charge in [-0.15, -0.1) is 0 Å². The van der Waals surface area contributed by atoms with Gasteiger partial charge in [-0.05, 0) is 52.4 Å². The van der Waals surface area contributed by atoms with Gasteiger partial charge >= 0.3 is 5.97 Å². The van der Waals surface area contributed by atoms with Crippen LogP contribution in [0.25, 0.3) is 0 Å². The van der Waals surface area contributed by atoms with Crippen molar-refractivity contribution in [2.24, 2.45) is 5.92 Å². The fourth-order valence-electron chi connectivity index (χ4n) is 6.00. The Bertz CT molecular complexity index is 1300. The van der Waals surface area contributed by atoms with E-state index in [-0.39, 0.29) is 53.9 Å². The van der Waals surface area contributed by atoms with E-state index in [4.69, 9.17) is 9.47 Å². The van der Waals surface area contributed by atoms with Crippen molar-refractivity contribution in [3.05, 3.63) is 23.3 Å². The van der Waals surface area contributed by atoms with E-state index in [0.29, 0.717) is 44.7 Å². The number of halogens is 1. The molecule has 3 saturated heterocycles. The highest BCUT2D eigenvalue weighted by molar-refractivity contribution is 7.89. The standard InChI is InChI=1S/C26H38FN7O5S/c1-4-40(36,37)34-18-6-5-7-19(34)14-20(13-18)33(3)26-28-21(15-39-25(35)17-8-10-38-11-9-17)23(27)24(30-26)29-22-12-16(2)31-32-22/h12,17-20H,4-11,13-15H2,1-3H3,(H2,28,29,30,31,32)/t18-,19+,20-. The van der Waals surface area contributed by atoms with Crippen LogP contribution < -0.4 is 10.2 Å². The van der Waals surface area contributed by atoms with Crippen molar-refractivity contribution < 1.29 is 27.1 Å². The number of aromatic nitrogens is 4. The van der Waals surface area contributed by atoms with E-state index in [1.807, 2.05) is 18.9 Å². The van der Waals surface area contributed by atoms with Gasteiger partial charge in [-0.1, -0.05) is 6.42 Å². The number of sulfonamides is 1. The number of fused-ring (bicyclic) bond motifs is 2. The first-order chi connectivity index (χ1) is 19.2. The second-order valence-corrected chi connectivity index (χ2v) is 13.1. The van der Waals surface area contributed by atoms with Gasteiger partial charge in [-0.3, -0.25) is 9.89 Å². The van der Waals surface area contributed by atoms with Gasteiger partial charge in [-0.25, -0.2) is 17.8 Å². The third kappa shape index (κ3) is 6.08. The molecule has 0 aromatic carbocycles. The molecule has 2 aromatic rings. The van der Waals surface area contributed by atoms with E-state index < -0.39 is 21.8 Å². The molecule has 220 valence electrons. The zero-order chi connectivity index (χ0) is 28.4. The first-order valence-corrected chi connectivity index (χ1v) is 15.6. The van der Waals surface area contributed by atoms with Crippen LogP contribution in [-0.2, 0) is 30.9 Å². The van der Waals surface area contributed by atoms with E-state index >= 15 is 4.39 Å². The molecule has 0 aliphatic carbocycles. The van der Waals surface area contributed by atoms with Crippen LogP contribution in [0.3, 0.4) is 0 Å². The van der Waals surface area contributed by atoms with Crippen LogP contribution in [-0.4, -0.2) is 83.0 Å². The van der Waals surface area contributed by atoms with Crippen LogP contribution in [0.2, 0.25) is 0 Å². The molecule has 3 atom stereocenters. The van der Waals surface area contributed by atoms with Crippen molar-refractivity contribution in [3.63, 3.8) is 0 Å². The molecule has 0 amide bonds. The molecule has 0 unspecified atom stereocenters. The highest BCUT2D eigenvalue weighted by Crippen LogP contribution is 2.38. The van der Waals surface area contributed by atoms with E-state index in [1.54, 1.807) is 17.3 Å². The summed E-state index contributed by atoms with van der Waals surface area (Å²) in [5, 5.41) is 9.85. The number of hydrogen-bond acceptors (Lipinski definition) is 10. The summed E-state index contributed by atoms with van der Waals surface area (Å²) in [4.78, 5) is 23.5. The lowest BCUT2D eigenvalue weighted by atomic mass is 9.83. The lowest BCUT2D eigenvalue weighted by Gasteiger charge is -2.49. The maximum Gasteiger partial charge on any atom is 0.309 e. The average molecular weight is 580 g/mol. The SMILES string of the molecule is CCS(=O)(=O)N1[C@@H]2CCC[C@H]1C[C@H](N(C)c1nc(COC(=O)C3CCOCC3)c(F)c(Nc3cc(C)[nH]n3)n1)C2. The van der Waals surface area contributed by atoms with Crippen molar-refractivity contribution in [2.45, 2.75) is 83.5 Å². The van der Waals surface area contributed by atoms with Crippen molar-refractivity contribution >= 4 is 33.6 Å². The second-order valence-electron chi connectivity index (χ2n) is 10.9. The summed E-state index contributed by atoms with van der Waals surface area (Å²) in [6.45, 7) is 4.17. The normalized spacial score (nSPS) is 24.1. The van der Waals surface area contributed by atoms with E-state index in [2.05, 4.69) is 25.5 Å². The summed E-state index contributed by atoms with van der Waals surface area (Å²) in [6, 6.07) is 1.51. The van der Waals surface area contributed by atoms with Crippen LogP contribution >= 0.6 is 0 Å². The van der Waals surface area contributed by atoms with E-state index in [9.17, 15) is 13.2 Å². The number of carbonyl (C=O) groups excluding carboxylic acids is 1. The van der Waals surface area contributed by atoms with Gasteiger partial charge in [0.2, 0.25) is 16.0 Å². The molecule has 0 spiro atoms. The molecular weight excluding hydrogens is 541 g/mol. The molecule has 2 N–H and O–H groups in total. The smallest absolute Gasteiger partial charge is 0.309 e. The maximum absolute atomic E-state index is 15.6. The fraction of sp³-hybridized carbons (Fsp3) is 0.692. The van der Waals surface area contributed by atoms with Gasteiger partial charge in [0.15, 0.2) is 17.5 Å². The van der Waals surface area contributed by atoms with Crippen LogP contribution in [0.1, 0.15) is 63.3 Å². The number of carbonyl (C=O) groups is 1. The van der Waals surface area contributed by atoms with Gasteiger partial charge in [0, 0.05) is 50.1 Å². The summed E-state index contributed by atoms with van der Waals surface area (Å²) in [6.07, 6.45) is 5.00. The Balaban J connectivity index is 1.39. The number of ether oxygens (including phenoxy) is 2. The van der Waals surface area contributed by atoms with Crippen molar-refractivity contribution in [3.8, 4) is 0 Å². The molecule has 14 heteroatoms. The first kappa shape index (κ1) is 28.7. The molecule has 0 saturated carbocycles. The van der Waals surface area contributed by atoms with Crippen molar-refractivity contribution in [2.75, 3.05) is 36.2 Å². The predicted molar refractivity (Wildman–Crippen MR) is 146 cm³/mol. The molecule has 5 heterocycles. The van der Waals surface area contributed by atoms with E-state index in [0.717, 1.165) is 25.0 Å². The summed E-state index contributed by atoms with van der Waals surface area (Å²) < 4.78 is 53.8. The lowest BCUT2D eigenvalue weighted by molar-refractivity contribution is -0.153. The molecule has 3 fully saturated rings. The van der Waals surface area contributed by atoms with Gasteiger partial charge in [0.25, 0.3) is 0 Å². The third-order valence-corrected chi connectivity index (χ3v) is 10.2. The topological polar surface area (TPSA) is 143 Å². The maximum atomic E-state index is 15.6. The minimum atomic E-state index is -3.31. The molecule has 3 aliphatic heterocycles. The number of H-pyrrole nitrogens is 1. The molecule has 40 heavy (non-hydrogen) atoms. The Hall–Kier alpha value is -2.84. The van der Waals surface area contributed by atoms with Gasteiger partial charge in [0.1, 0.15) is 12.3 Å². The van der Waals surface area contributed by atoms with Crippen LogP contribution in [0, 0.1) is 18.7 Å². The average Bonchev–Trinajstić information content (AvgIpc) is 3.36.